The number of hydrazone groups is 1. The fourth-order valence-corrected chi connectivity index (χ4v) is 2.73. The number of methoxy groups -OCH3 is 1. The summed E-state index contributed by atoms with van der Waals surface area (Å²) in [6.07, 6.45) is 1.74. The number of rotatable bonds is 5. The van der Waals surface area contributed by atoms with E-state index in [1.54, 1.807) is 6.07 Å². The number of hydrogen-bond acceptors (Lipinski definition) is 4. The van der Waals surface area contributed by atoms with Gasteiger partial charge in [0.05, 0.1) is 23.3 Å². The SMILES string of the molecule is COc1c(O)cc(/C=N/NC(=O)Cc2ccccc2)cc1I. The van der Waals surface area contributed by atoms with Gasteiger partial charge in [0.15, 0.2) is 11.5 Å². The van der Waals surface area contributed by atoms with Crippen molar-refractivity contribution in [2.75, 3.05) is 7.11 Å². The maximum absolute atomic E-state index is 11.7. The van der Waals surface area contributed by atoms with Crippen molar-refractivity contribution in [3.8, 4) is 11.5 Å². The molecule has 0 unspecified atom stereocenters. The molecule has 0 fully saturated rings. The molecule has 0 aromatic heterocycles. The highest BCUT2D eigenvalue weighted by atomic mass is 127. The molecule has 0 bridgehead atoms. The van der Waals surface area contributed by atoms with E-state index in [0.29, 0.717) is 11.3 Å². The Morgan fingerprint density at radius 3 is 2.73 bits per heavy atom. The Hall–Kier alpha value is -2.09. The van der Waals surface area contributed by atoms with Crippen molar-refractivity contribution in [2.24, 2.45) is 5.10 Å². The van der Waals surface area contributed by atoms with E-state index < -0.39 is 0 Å². The van der Waals surface area contributed by atoms with Gasteiger partial charge >= 0.3 is 0 Å². The predicted octanol–water partition coefficient (Wildman–Crippen LogP) is 2.70. The van der Waals surface area contributed by atoms with E-state index >= 15 is 0 Å². The van der Waals surface area contributed by atoms with E-state index in [9.17, 15) is 9.90 Å². The Labute approximate surface area is 142 Å². The van der Waals surface area contributed by atoms with Gasteiger partial charge in [-0.25, -0.2) is 5.43 Å². The van der Waals surface area contributed by atoms with Gasteiger partial charge in [0.2, 0.25) is 5.91 Å². The zero-order chi connectivity index (χ0) is 15.9. The van der Waals surface area contributed by atoms with Crippen LogP contribution in [0.15, 0.2) is 47.6 Å². The minimum Gasteiger partial charge on any atom is -0.504 e. The summed E-state index contributed by atoms with van der Waals surface area (Å²) in [4.78, 5) is 11.7. The van der Waals surface area contributed by atoms with Gasteiger partial charge < -0.3 is 9.84 Å². The Morgan fingerprint density at radius 2 is 2.09 bits per heavy atom. The quantitative estimate of drug-likeness (QED) is 0.453. The summed E-state index contributed by atoms with van der Waals surface area (Å²) >= 11 is 2.06. The third kappa shape index (κ3) is 4.45. The molecule has 0 aliphatic heterocycles. The first kappa shape index (κ1) is 16.3. The average molecular weight is 410 g/mol. The first-order valence-corrected chi connectivity index (χ1v) is 7.60. The number of halogens is 1. The van der Waals surface area contributed by atoms with Crippen molar-refractivity contribution in [1.82, 2.24) is 5.43 Å². The molecule has 114 valence electrons. The minimum atomic E-state index is -0.199. The van der Waals surface area contributed by atoms with Crippen LogP contribution in [0.5, 0.6) is 11.5 Å². The van der Waals surface area contributed by atoms with Crippen molar-refractivity contribution in [3.63, 3.8) is 0 Å². The predicted molar refractivity (Wildman–Crippen MR) is 93.3 cm³/mol. The van der Waals surface area contributed by atoms with Crippen LogP contribution in [0.2, 0.25) is 0 Å². The molecule has 0 atom stereocenters. The molecular weight excluding hydrogens is 395 g/mol. The van der Waals surface area contributed by atoms with Gasteiger partial charge in [0.1, 0.15) is 0 Å². The molecule has 0 saturated heterocycles. The van der Waals surface area contributed by atoms with Crippen molar-refractivity contribution in [1.29, 1.82) is 0 Å². The lowest BCUT2D eigenvalue weighted by molar-refractivity contribution is -0.120. The fraction of sp³-hybridized carbons (Fsp3) is 0.125. The van der Waals surface area contributed by atoms with Crippen LogP contribution in [0.25, 0.3) is 0 Å². The Bertz CT molecular complexity index is 664. The molecule has 22 heavy (non-hydrogen) atoms. The zero-order valence-corrected chi connectivity index (χ0v) is 14.1. The standard InChI is InChI=1S/C16H15IN2O3/c1-22-16-13(17)7-12(8-14(16)20)10-18-19-15(21)9-11-5-3-2-4-6-11/h2-8,10,20H,9H2,1H3,(H,19,21)/b18-10+. The number of ether oxygens (including phenoxy) is 1. The van der Waals surface area contributed by atoms with Crippen LogP contribution in [-0.4, -0.2) is 24.3 Å². The largest absolute Gasteiger partial charge is 0.504 e. The van der Waals surface area contributed by atoms with E-state index in [1.807, 2.05) is 30.3 Å². The molecule has 0 heterocycles. The number of carbonyl (C=O) groups is 1. The second-order valence-electron chi connectivity index (χ2n) is 4.51. The highest BCUT2D eigenvalue weighted by molar-refractivity contribution is 14.1. The average Bonchev–Trinajstić information content (AvgIpc) is 2.48. The number of aromatic hydroxyl groups is 1. The van der Waals surface area contributed by atoms with Crippen molar-refractivity contribution >= 4 is 34.7 Å². The fourth-order valence-electron chi connectivity index (χ4n) is 1.88. The molecule has 2 N–H and O–H groups in total. The number of nitrogens with zero attached hydrogens (tertiary/aromatic N) is 1. The molecule has 2 rings (SSSR count). The molecular formula is C16H15IN2O3. The van der Waals surface area contributed by atoms with Crippen molar-refractivity contribution in [3.05, 3.63) is 57.2 Å². The van der Waals surface area contributed by atoms with Crippen LogP contribution in [-0.2, 0) is 11.2 Å². The lowest BCUT2D eigenvalue weighted by Crippen LogP contribution is -2.19. The number of amides is 1. The highest BCUT2D eigenvalue weighted by Crippen LogP contribution is 2.31. The van der Waals surface area contributed by atoms with Gasteiger partial charge in [-0.05, 0) is 45.9 Å². The second-order valence-corrected chi connectivity index (χ2v) is 5.67. The first-order chi connectivity index (χ1) is 10.6. The van der Waals surface area contributed by atoms with Gasteiger partial charge in [-0.15, -0.1) is 0 Å². The Balaban J connectivity index is 1.96. The van der Waals surface area contributed by atoms with E-state index in [0.717, 1.165) is 9.13 Å². The number of benzene rings is 2. The second kappa shape index (κ2) is 7.79. The van der Waals surface area contributed by atoms with E-state index in [-0.39, 0.29) is 18.1 Å². The highest BCUT2D eigenvalue weighted by Gasteiger charge is 2.07. The molecule has 1 amide bonds. The zero-order valence-electron chi connectivity index (χ0n) is 11.9. The smallest absolute Gasteiger partial charge is 0.244 e. The van der Waals surface area contributed by atoms with Gasteiger partial charge in [-0.1, -0.05) is 30.3 Å². The summed E-state index contributed by atoms with van der Waals surface area (Å²) in [5.41, 5.74) is 4.05. The van der Waals surface area contributed by atoms with Gasteiger partial charge in [-0.2, -0.15) is 5.10 Å². The summed E-state index contributed by atoms with van der Waals surface area (Å²) in [6, 6.07) is 12.7. The molecule has 0 aliphatic carbocycles. The first-order valence-electron chi connectivity index (χ1n) is 6.52. The number of hydrogen-bond donors (Lipinski definition) is 2. The van der Waals surface area contributed by atoms with E-state index in [1.165, 1.54) is 19.4 Å². The number of phenols is 1. The lowest BCUT2D eigenvalue weighted by Gasteiger charge is -2.06. The summed E-state index contributed by atoms with van der Waals surface area (Å²) < 4.78 is 5.83. The van der Waals surface area contributed by atoms with E-state index in [2.05, 4.69) is 33.1 Å². The van der Waals surface area contributed by atoms with Gasteiger partial charge in [0.25, 0.3) is 0 Å². The maximum atomic E-state index is 11.7. The molecule has 0 spiro atoms. The van der Waals surface area contributed by atoms with E-state index in [4.69, 9.17) is 4.74 Å². The summed E-state index contributed by atoms with van der Waals surface area (Å²) in [5.74, 6) is 0.257. The van der Waals surface area contributed by atoms with Crippen molar-refractivity contribution < 1.29 is 14.6 Å². The van der Waals surface area contributed by atoms with Crippen LogP contribution in [0.3, 0.4) is 0 Å². The van der Waals surface area contributed by atoms with Crippen LogP contribution < -0.4 is 10.2 Å². The number of phenolic OH excluding ortho intramolecular Hbond substituents is 1. The summed E-state index contributed by atoms with van der Waals surface area (Å²) in [6.45, 7) is 0. The Kier molecular flexibility index (Phi) is 5.76. The maximum Gasteiger partial charge on any atom is 0.244 e. The van der Waals surface area contributed by atoms with Crippen molar-refractivity contribution in [2.45, 2.75) is 6.42 Å². The Morgan fingerprint density at radius 1 is 1.36 bits per heavy atom. The molecule has 2 aromatic rings. The molecule has 0 radical (unpaired) electrons. The molecule has 0 aliphatic rings. The van der Waals surface area contributed by atoms with Gasteiger partial charge in [-0.3, -0.25) is 4.79 Å². The van der Waals surface area contributed by atoms with Gasteiger partial charge in [0, 0.05) is 0 Å². The van der Waals surface area contributed by atoms with Crippen LogP contribution in [0.1, 0.15) is 11.1 Å². The van der Waals surface area contributed by atoms with Crippen LogP contribution >= 0.6 is 22.6 Å². The number of carbonyl (C=O) groups excluding carboxylic acids is 1. The molecule has 2 aromatic carbocycles. The third-order valence-electron chi connectivity index (χ3n) is 2.86. The molecule has 6 heteroatoms. The summed E-state index contributed by atoms with van der Waals surface area (Å²) in [5, 5.41) is 13.7. The normalized spacial score (nSPS) is 10.6. The number of nitrogens with one attached hydrogen (secondary N) is 1. The molecule has 0 saturated carbocycles. The lowest BCUT2D eigenvalue weighted by atomic mass is 10.1. The summed E-state index contributed by atoms with van der Waals surface area (Å²) in [7, 11) is 1.49. The monoisotopic (exact) mass is 410 g/mol. The molecule has 5 nitrogen and oxygen atoms in total. The van der Waals surface area contributed by atoms with Crippen LogP contribution in [0.4, 0.5) is 0 Å². The minimum absolute atomic E-state index is 0.0338. The topological polar surface area (TPSA) is 70.9 Å². The van der Waals surface area contributed by atoms with Crippen LogP contribution in [0, 0.1) is 3.57 Å². The third-order valence-corrected chi connectivity index (χ3v) is 3.66.